The number of hydrogen-bond acceptors (Lipinski definition) is 2. The molecule has 0 saturated heterocycles. The largest absolute Gasteiger partial charge is 0.434 e. The van der Waals surface area contributed by atoms with Gasteiger partial charge in [0.25, 0.3) is 0 Å². The number of nitrogens with one attached hydrogen (secondary N) is 1. The predicted octanol–water partition coefficient (Wildman–Crippen LogP) is 4.97. The Hall–Kier alpha value is -1.62. The van der Waals surface area contributed by atoms with Crippen molar-refractivity contribution in [1.29, 1.82) is 0 Å². The topological polar surface area (TPSA) is 21.3 Å². The van der Waals surface area contributed by atoms with Crippen molar-refractivity contribution in [3.8, 4) is 5.75 Å². The molecule has 1 N–H and O–H groups in total. The molecule has 2 nitrogen and oxygen atoms in total. The van der Waals surface area contributed by atoms with Crippen LogP contribution in [0.2, 0.25) is 0 Å². The molecule has 0 radical (unpaired) electrons. The molecule has 0 aromatic heterocycles. The van der Waals surface area contributed by atoms with E-state index >= 15 is 0 Å². The van der Waals surface area contributed by atoms with Crippen molar-refractivity contribution in [2.45, 2.75) is 20.1 Å². The van der Waals surface area contributed by atoms with Gasteiger partial charge in [-0.1, -0.05) is 40.2 Å². The zero-order valence-electron chi connectivity index (χ0n) is 10.9. The Morgan fingerprint density at radius 2 is 1.95 bits per heavy atom. The van der Waals surface area contributed by atoms with E-state index < -0.39 is 6.61 Å². The predicted molar refractivity (Wildman–Crippen MR) is 79.3 cm³/mol. The van der Waals surface area contributed by atoms with Crippen LogP contribution in [0, 0.1) is 6.92 Å². The molecule has 2 aromatic rings. The Labute approximate surface area is 124 Å². The summed E-state index contributed by atoms with van der Waals surface area (Å²) < 4.78 is 30.1. The molecular formula is C15H14BrF2NO. The van der Waals surface area contributed by atoms with Gasteiger partial charge in [0, 0.05) is 22.3 Å². The number of alkyl halides is 2. The molecule has 5 heteroatoms. The lowest BCUT2D eigenvalue weighted by Crippen LogP contribution is -2.07. The number of benzene rings is 2. The molecule has 0 fully saturated rings. The first-order chi connectivity index (χ1) is 9.56. The van der Waals surface area contributed by atoms with E-state index in [0.29, 0.717) is 12.1 Å². The van der Waals surface area contributed by atoms with Crippen LogP contribution >= 0.6 is 15.9 Å². The highest BCUT2D eigenvalue weighted by molar-refractivity contribution is 9.10. The minimum absolute atomic E-state index is 0.197. The summed E-state index contributed by atoms with van der Waals surface area (Å²) in [4.78, 5) is 0. The van der Waals surface area contributed by atoms with E-state index in [2.05, 4.69) is 26.0 Å². The Morgan fingerprint density at radius 3 is 2.70 bits per heavy atom. The van der Waals surface area contributed by atoms with Crippen LogP contribution < -0.4 is 10.1 Å². The Morgan fingerprint density at radius 1 is 1.20 bits per heavy atom. The Balaban J connectivity index is 2.12. The summed E-state index contributed by atoms with van der Waals surface area (Å²) in [5.74, 6) is 0.197. The van der Waals surface area contributed by atoms with Gasteiger partial charge in [0.1, 0.15) is 5.75 Å². The van der Waals surface area contributed by atoms with E-state index in [9.17, 15) is 8.78 Å². The first kappa shape index (κ1) is 14.8. The molecule has 106 valence electrons. The maximum absolute atomic E-state index is 12.3. The minimum atomic E-state index is -2.82. The van der Waals surface area contributed by atoms with Crippen LogP contribution in [0.25, 0.3) is 0 Å². The lowest BCUT2D eigenvalue weighted by Gasteiger charge is -2.13. The van der Waals surface area contributed by atoms with E-state index in [0.717, 1.165) is 15.7 Å². The second kappa shape index (κ2) is 6.70. The maximum Gasteiger partial charge on any atom is 0.387 e. The average molecular weight is 342 g/mol. The molecular weight excluding hydrogens is 328 g/mol. The fourth-order valence-electron chi connectivity index (χ4n) is 1.84. The van der Waals surface area contributed by atoms with Gasteiger partial charge in [0.05, 0.1) is 0 Å². The van der Waals surface area contributed by atoms with Crippen LogP contribution in [0.3, 0.4) is 0 Å². The lowest BCUT2D eigenvalue weighted by molar-refractivity contribution is -0.0504. The van der Waals surface area contributed by atoms with Gasteiger partial charge >= 0.3 is 6.61 Å². The average Bonchev–Trinajstić information content (AvgIpc) is 2.41. The minimum Gasteiger partial charge on any atom is -0.434 e. The third-order valence-corrected chi connectivity index (χ3v) is 3.35. The summed E-state index contributed by atoms with van der Waals surface area (Å²) >= 11 is 3.41. The van der Waals surface area contributed by atoms with Gasteiger partial charge in [-0.05, 0) is 30.7 Å². The molecule has 0 aliphatic carbocycles. The number of halogens is 3. The van der Waals surface area contributed by atoms with E-state index in [-0.39, 0.29) is 5.75 Å². The van der Waals surface area contributed by atoms with Crippen molar-refractivity contribution >= 4 is 21.6 Å². The van der Waals surface area contributed by atoms with Gasteiger partial charge < -0.3 is 10.1 Å². The Bertz CT molecular complexity index is 590. The quantitative estimate of drug-likeness (QED) is 0.828. The molecule has 0 bridgehead atoms. The molecule has 0 heterocycles. The van der Waals surface area contributed by atoms with Crippen LogP contribution in [-0.2, 0) is 6.54 Å². The molecule has 0 aliphatic heterocycles. The highest BCUT2D eigenvalue weighted by Gasteiger charge is 2.09. The fraction of sp³-hybridized carbons (Fsp3) is 0.200. The van der Waals surface area contributed by atoms with Gasteiger partial charge in [0.2, 0.25) is 0 Å². The number of para-hydroxylation sites is 1. The SMILES string of the molecule is Cc1ccc(Br)cc1NCc1ccccc1OC(F)F. The van der Waals surface area contributed by atoms with Gasteiger partial charge in [-0.3, -0.25) is 0 Å². The molecule has 0 spiro atoms. The first-order valence-electron chi connectivity index (χ1n) is 6.09. The van der Waals surface area contributed by atoms with E-state index in [1.807, 2.05) is 25.1 Å². The zero-order valence-corrected chi connectivity index (χ0v) is 12.5. The third-order valence-electron chi connectivity index (χ3n) is 2.86. The summed E-state index contributed by atoms with van der Waals surface area (Å²) in [7, 11) is 0. The van der Waals surface area contributed by atoms with Gasteiger partial charge in [0.15, 0.2) is 0 Å². The van der Waals surface area contributed by atoms with E-state index in [1.165, 1.54) is 6.07 Å². The molecule has 0 aliphatic rings. The van der Waals surface area contributed by atoms with Crippen molar-refractivity contribution in [3.05, 3.63) is 58.1 Å². The Kier molecular flexibility index (Phi) is 4.95. The van der Waals surface area contributed by atoms with Crippen LogP contribution in [0.4, 0.5) is 14.5 Å². The molecule has 2 rings (SSSR count). The van der Waals surface area contributed by atoms with Crippen molar-refractivity contribution in [3.63, 3.8) is 0 Å². The maximum atomic E-state index is 12.3. The lowest BCUT2D eigenvalue weighted by atomic mass is 10.1. The van der Waals surface area contributed by atoms with Crippen molar-refractivity contribution in [2.24, 2.45) is 0 Å². The van der Waals surface area contributed by atoms with Gasteiger partial charge in [-0.25, -0.2) is 0 Å². The third kappa shape index (κ3) is 3.93. The van der Waals surface area contributed by atoms with Crippen LogP contribution in [0.15, 0.2) is 46.9 Å². The molecule has 2 aromatic carbocycles. The summed E-state index contributed by atoms with van der Waals surface area (Å²) in [6.07, 6.45) is 0. The summed E-state index contributed by atoms with van der Waals surface area (Å²) in [6, 6.07) is 12.7. The fourth-order valence-corrected chi connectivity index (χ4v) is 2.20. The van der Waals surface area contributed by atoms with E-state index in [4.69, 9.17) is 0 Å². The highest BCUT2D eigenvalue weighted by Crippen LogP contribution is 2.24. The first-order valence-corrected chi connectivity index (χ1v) is 6.88. The van der Waals surface area contributed by atoms with Crippen molar-refractivity contribution in [1.82, 2.24) is 0 Å². The van der Waals surface area contributed by atoms with Crippen LogP contribution in [-0.4, -0.2) is 6.61 Å². The summed E-state index contributed by atoms with van der Waals surface area (Å²) in [5, 5.41) is 3.23. The van der Waals surface area contributed by atoms with E-state index in [1.54, 1.807) is 18.2 Å². The second-order valence-electron chi connectivity index (χ2n) is 4.30. The van der Waals surface area contributed by atoms with Crippen molar-refractivity contribution in [2.75, 3.05) is 5.32 Å². The standard InChI is InChI=1S/C15H14BrF2NO/c1-10-6-7-12(16)8-13(10)19-9-11-4-2-3-5-14(11)20-15(17)18/h2-8,15,19H,9H2,1H3. The molecule has 0 amide bonds. The number of ether oxygens (including phenoxy) is 1. The summed E-state index contributed by atoms with van der Waals surface area (Å²) in [5.41, 5.74) is 2.72. The normalized spacial score (nSPS) is 10.7. The van der Waals surface area contributed by atoms with Crippen LogP contribution in [0.1, 0.15) is 11.1 Å². The smallest absolute Gasteiger partial charge is 0.387 e. The number of aryl methyl sites for hydroxylation is 1. The van der Waals surface area contributed by atoms with Crippen LogP contribution in [0.5, 0.6) is 5.75 Å². The number of hydrogen-bond donors (Lipinski definition) is 1. The number of rotatable bonds is 5. The zero-order chi connectivity index (χ0) is 14.5. The molecule has 0 unspecified atom stereocenters. The number of anilines is 1. The molecule has 20 heavy (non-hydrogen) atoms. The molecule has 0 saturated carbocycles. The monoisotopic (exact) mass is 341 g/mol. The highest BCUT2D eigenvalue weighted by atomic mass is 79.9. The second-order valence-corrected chi connectivity index (χ2v) is 5.21. The van der Waals surface area contributed by atoms with Gasteiger partial charge in [-0.2, -0.15) is 8.78 Å². The molecule has 0 atom stereocenters. The van der Waals surface area contributed by atoms with Gasteiger partial charge in [-0.15, -0.1) is 0 Å². The summed E-state index contributed by atoms with van der Waals surface area (Å²) in [6.45, 7) is -0.417. The van der Waals surface area contributed by atoms with Crippen molar-refractivity contribution < 1.29 is 13.5 Å².